The van der Waals surface area contributed by atoms with Gasteiger partial charge in [0.15, 0.2) is 5.76 Å². The van der Waals surface area contributed by atoms with Crippen molar-refractivity contribution in [3.8, 4) is 0 Å². The van der Waals surface area contributed by atoms with E-state index in [2.05, 4.69) is 5.16 Å². The molecule has 1 unspecified atom stereocenters. The van der Waals surface area contributed by atoms with Gasteiger partial charge in [-0.05, 0) is 40.0 Å². The number of ether oxygens (including phenoxy) is 1. The molecule has 0 radical (unpaired) electrons. The molecule has 1 aromatic heterocycles. The van der Waals surface area contributed by atoms with Gasteiger partial charge in [-0.2, -0.15) is 4.31 Å². The highest BCUT2D eigenvalue weighted by molar-refractivity contribution is 7.89. The topological polar surface area (TPSA) is 93.0 Å². The van der Waals surface area contributed by atoms with E-state index in [4.69, 9.17) is 9.26 Å². The van der Waals surface area contributed by atoms with Crippen LogP contribution in [0.4, 0.5) is 0 Å². The molecule has 0 saturated carbocycles. The van der Waals surface area contributed by atoms with Crippen LogP contribution in [0.25, 0.3) is 0 Å². The van der Waals surface area contributed by atoms with E-state index in [0.29, 0.717) is 49.8 Å². The molecule has 2 aliphatic heterocycles. The number of rotatable bonds is 6. The summed E-state index contributed by atoms with van der Waals surface area (Å²) in [5.41, 5.74) is 0.377. The largest absolute Gasteiger partial charge is 0.381 e. The number of carbonyl (C=O) groups excluding carboxylic acids is 1. The van der Waals surface area contributed by atoms with Gasteiger partial charge in [-0.15, -0.1) is 0 Å². The molecule has 2 aliphatic rings. The molecule has 0 aliphatic carbocycles. The van der Waals surface area contributed by atoms with Crippen LogP contribution >= 0.6 is 0 Å². The molecule has 1 atom stereocenters. The second kappa shape index (κ2) is 8.28. The minimum atomic E-state index is -3.64. The van der Waals surface area contributed by atoms with Crippen LogP contribution in [-0.4, -0.2) is 68.1 Å². The molecule has 1 amide bonds. The minimum Gasteiger partial charge on any atom is -0.381 e. The summed E-state index contributed by atoms with van der Waals surface area (Å²) in [7, 11) is -3.64. The van der Waals surface area contributed by atoms with Gasteiger partial charge in [-0.1, -0.05) is 5.16 Å². The van der Waals surface area contributed by atoms with Crippen molar-refractivity contribution in [2.45, 2.75) is 44.9 Å². The van der Waals surface area contributed by atoms with Crippen LogP contribution in [0.2, 0.25) is 0 Å². The molecule has 0 spiro atoms. The summed E-state index contributed by atoms with van der Waals surface area (Å²) in [6, 6.07) is 0. The first-order valence-electron chi connectivity index (χ1n) is 9.64. The Balaban J connectivity index is 1.61. The van der Waals surface area contributed by atoms with Crippen LogP contribution in [0.5, 0.6) is 0 Å². The average Bonchev–Trinajstić information content (AvgIpc) is 3.28. The maximum Gasteiger partial charge on any atom is 0.248 e. The molecule has 3 heterocycles. The summed E-state index contributed by atoms with van der Waals surface area (Å²) in [5.74, 6) is 0.734. The average molecular weight is 400 g/mol. The zero-order chi connectivity index (χ0) is 19.6. The van der Waals surface area contributed by atoms with Gasteiger partial charge in [-0.25, -0.2) is 8.42 Å². The fourth-order valence-corrected chi connectivity index (χ4v) is 5.75. The van der Waals surface area contributed by atoms with E-state index < -0.39 is 10.0 Å². The number of aromatic nitrogens is 1. The highest BCUT2D eigenvalue weighted by Crippen LogP contribution is 2.28. The summed E-state index contributed by atoms with van der Waals surface area (Å²) in [5, 5.41) is 3.75. The Kier molecular flexibility index (Phi) is 6.22. The van der Waals surface area contributed by atoms with Crippen LogP contribution < -0.4 is 0 Å². The maximum atomic E-state index is 12.9. The predicted octanol–water partition coefficient (Wildman–Crippen LogP) is 1.58. The smallest absolute Gasteiger partial charge is 0.248 e. The van der Waals surface area contributed by atoms with Crippen LogP contribution in [0.15, 0.2) is 9.42 Å². The van der Waals surface area contributed by atoms with Crippen molar-refractivity contribution in [1.82, 2.24) is 14.4 Å². The van der Waals surface area contributed by atoms with Gasteiger partial charge >= 0.3 is 0 Å². The fraction of sp³-hybridized carbons (Fsp3) is 0.778. The highest BCUT2D eigenvalue weighted by atomic mass is 32.2. The predicted molar refractivity (Wildman–Crippen MR) is 98.6 cm³/mol. The van der Waals surface area contributed by atoms with Crippen LogP contribution in [0, 0.1) is 25.7 Å². The molecule has 3 rings (SSSR count). The zero-order valence-corrected chi connectivity index (χ0v) is 17.1. The molecule has 1 aromatic rings. The molecule has 2 fully saturated rings. The van der Waals surface area contributed by atoms with Gasteiger partial charge in [0, 0.05) is 44.6 Å². The second-order valence-electron chi connectivity index (χ2n) is 7.44. The number of piperidine rings is 1. The SMILES string of the molecule is CCN(CC1CCOC1)C(=O)C1CCN(S(=O)(=O)c2c(C)noc2C)CC1. The number of aryl methyl sites for hydroxylation is 2. The lowest BCUT2D eigenvalue weighted by molar-refractivity contribution is -0.137. The Morgan fingerprint density at radius 2 is 1.96 bits per heavy atom. The van der Waals surface area contributed by atoms with Crippen molar-refractivity contribution in [3.05, 3.63) is 11.5 Å². The number of hydrogen-bond acceptors (Lipinski definition) is 6. The molecule has 9 heteroatoms. The third-order valence-corrected chi connectivity index (χ3v) is 7.71. The third kappa shape index (κ3) is 4.20. The third-order valence-electron chi connectivity index (χ3n) is 5.56. The zero-order valence-electron chi connectivity index (χ0n) is 16.3. The van der Waals surface area contributed by atoms with Gasteiger partial charge in [-0.3, -0.25) is 4.79 Å². The lowest BCUT2D eigenvalue weighted by Crippen LogP contribution is -2.45. The van der Waals surface area contributed by atoms with Gasteiger partial charge in [0.25, 0.3) is 0 Å². The standard InChI is InChI=1S/C18H29N3O5S/c1-4-20(11-15-7-10-25-12-15)18(22)16-5-8-21(9-6-16)27(23,24)17-13(2)19-26-14(17)3/h15-16H,4-12H2,1-3H3. The van der Waals surface area contributed by atoms with Gasteiger partial charge in [0.1, 0.15) is 10.6 Å². The van der Waals surface area contributed by atoms with E-state index in [9.17, 15) is 13.2 Å². The Bertz CT molecular complexity index is 742. The Hall–Kier alpha value is -1.45. The molecule has 8 nitrogen and oxygen atoms in total. The van der Waals surface area contributed by atoms with Crippen molar-refractivity contribution in [3.63, 3.8) is 0 Å². The molecule has 152 valence electrons. The van der Waals surface area contributed by atoms with Crippen molar-refractivity contribution >= 4 is 15.9 Å². The van der Waals surface area contributed by atoms with Gasteiger partial charge in [0.05, 0.1) is 6.61 Å². The summed E-state index contributed by atoms with van der Waals surface area (Å²) in [6.45, 7) is 8.80. The van der Waals surface area contributed by atoms with Crippen molar-refractivity contribution in [1.29, 1.82) is 0 Å². The lowest BCUT2D eigenvalue weighted by Gasteiger charge is -2.34. The quantitative estimate of drug-likeness (QED) is 0.721. The van der Waals surface area contributed by atoms with E-state index in [1.54, 1.807) is 13.8 Å². The molecular formula is C18H29N3O5S. The van der Waals surface area contributed by atoms with Crippen molar-refractivity contribution in [2.24, 2.45) is 11.8 Å². The van der Waals surface area contributed by atoms with Crippen molar-refractivity contribution < 1.29 is 22.5 Å². The van der Waals surface area contributed by atoms with E-state index in [1.165, 1.54) is 4.31 Å². The number of hydrogen-bond donors (Lipinski definition) is 0. The molecular weight excluding hydrogens is 370 g/mol. The molecule has 0 bridgehead atoms. The van der Waals surface area contributed by atoms with Gasteiger partial charge < -0.3 is 14.2 Å². The number of carbonyl (C=O) groups is 1. The first kappa shape index (κ1) is 20.3. The lowest BCUT2D eigenvalue weighted by atomic mass is 9.96. The first-order chi connectivity index (χ1) is 12.8. The van der Waals surface area contributed by atoms with Crippen LogP contribution in [-0.2, 0) is 19.6 Å². The number of sulfonamides is 1. The fourth-order valence-electron chi connectivity index (χ4n) is 3.99. The monoisotopic (exact) mass is 399 g/mol. The maximum absolute atomic E-state index is 12.9. The number of amides is 1. The Morgan fingerprint density at radius 1 is 1.26 bits per heavy atom. The van der Waals surface area contributed by atoms with Crippen LogP contribution in [0.3, 0.4) is 0 Å². The van der Waals surface area contributed by atoms with Gasteiger partial charge in [0.2, 0.25) is 15.9 Å². The normalized spacial score (nSPS) is 22.3. The van der Waals surface area contributed by atoms with E-state index >= 15 is 0 Å². The number of nitrogens with zero attached hydrogens (tertiary/aromatic N) is 3. The molecule has 27 heavy (non-hydrogen) atoms. The van der Waals surface area contributed by atoms with E-state index in [0.717, 1.165) is 26.2 Å². The summed E-state index contributed by atoms with van der Waals surface area (Å²) in [6.07, 6.45) is 2.08. The first-order valence-corrected chi connectivity index (χ1v) is 11.1. The second-order valence-corrected chi connectivity index (χ2v) is 9.31. The summed E-state index contributed by atoms with van der Waals surface area (Å²) in [4.78, 5) is 15.0. The highest BCUT2D eigenvalue weighted by Gasteiger charge is 2.36. The summed E-state index contributed by atoms with van der Waals surface area (Å²) < 4.78 is 37.7. The van der Waals surface area contributed by atoms with E-state index in [-0.39, 0.29) is 16.7 Å². The molecule has 2 saturated heterocycles. The minimum absolute atomic E-state index is 0.122. The van der Waals surface area contributed by atoms with E-state index in [1.807, 2.05) is 11.8 Å². The molecule has 0 aromatic carbocycles. The summed E-state index contributed by atoms with van der Waals surface area (Å²) >= 11 is 0. The Morgan fingerprint density at radius 3 is 2.48 bits per heavy atom. The molecule has 0 N–H and O–H groups in total. The Labute approximate surface area is 160 Å². The van der Waals surface area contributed by atoms with Crippen molar-refractivity contribution in [2.75, 3.05) is 39.4 Å². The van der Waals surface area contributed by atoms with Crippen LogP contribution in [0.1, 0.15) is 37.6 Å².